The topological polar surface area (TPSA) is 4.93 Å². The van der Waals surface area contributed by atoms with E-state index in [4.69, 9.17) is 11.6 Å². The van der Waals surface area contributed by atoms with E-state index in [9.17, 15) is 8.78 Å². The Morgan fingerprint density at radius 1 is 1.00 bits per heavy atom. The van der Waals surface area contributed by atoms with E-state index in [0.29, 0.717) is 5.02 Å². The minimum absolute atomic E-state index is 0.0555. The highest BCUT2D eigenvalue weighted by molar-refractivity contribution is 6.31. The number of nitrogens with zero attached hydrogens (tertiary/aromatic N) is 1. The van der Waals surface area contributed by atoms with Gasteiger partial charge in [0.05, 0.1) is 6.54 Å². The van der Waals surface area contributed by atoms with Crippen LogP contribution in [0.5, 0.6) is 0 Å². The van der Waals surface area contributed by atoms with Crippen molar-refractivity contribution in [3.05, 3.63) is 70.9 Å². The summed E-state index contributed by atoms with van der Waals surface area (Å²) in [6, 6.07) is 11.2. The summed E-state index contributed by atoms with van der Waals surface area (Å²) in [4.78, 5) is 0. The summed E-state index contributed by atoms with van der Waals surface area (Å²) in [6.07, 6.45) is 1.80. The summed E-state index contributed by atoms with van der Waals surface area (Å²) in [6.45, 7) is 0.141. The Morgan fingerprint density at radius 2 is 1.74 bits per heavy atom. The molecule has 0 N–H and O–H groups in total. The summed E-state index contributed by atoms with van der Waals surface area (Å²) in [5.41, 5.74) is 0.912. The number of hydrogen-bond donors (Lipinski definition) is 0. The smallest absolute Gasteiger partial charge is 0.131 e. The first kappa shape index (κ1) is 12.2. The first-order valence-corrected chi connectivity index (χ1v) is 6.20. The third kappa shape index (κ3) is 2.22. The van der Waals surface area contributed by atoms with Gasteiger partial charge in [0, 0.05) is 22.3 Å². The van der Waals surface area contributed by atoms with Crippen LogP contribution in [0, 0.1) is 11.6 Å². The summed E-state index contributed by atoms with van der Waals surface area (Å²) < 4.78 is 29.1. The molecule has 0 aliphatic rings. The van der Waals surface area contributed by atoms with Crippen LogP contribution in [0.2, 0.25) is 5.02 Å². The monoisotopic (exact) mass is 277 g/mol. The lowest BCUT2D eigenvalue weighted by Crippen LogP contribution is -2.03. The lowest BCUT2D eigenvalue weighted by atomic mass is 10.2. The molecule has 0 spiro atoms. The number of benzene rings is 2. The van der Waals surface area contributed by atoms with Crippen molar-refractivity contribution in [3.63, 3.8) is 0 Å². The van der Waals surface area contributed by atoms with Gasteiger partial charge in [0.15, 0.2) is 0 Å². The molecule has 0 fully saturated rings. The Morgan fingerprint density at radius 3 is 2.47 bits per heavy atom. The Balaban J connectivity index is 2.08. The van der Waals surface area contributed by atoms with E-state index in [0.717, 1.165) is 10.9 Å². The van der Waals surface area contributed by atoms with Gasteiger partial charge >= 0.3 is 0 Å². The van der Waals surface area contributed by atoms with Gasteiger partial charge < -0.3 is 4.57 Å². The molecule has 1 nitrogen and oxygen atoms in total. The lowest BCUT2D eigenvalue weighted by molar-refractivity contribution is 0.547. The summed E-state index contributed by atoms with van der Waals surface area (Å²) in [5, 5.41) is 1.59. The van der Waals surface area contributed by atoms with Crippen molar-refractivity contribution in [1.29, 1.82) is 0 Å². The van der Waals surface area contributed by atoms with Crippen molar-refractivity contribution in [2.45, 2.75) is 6.54 Å². The van der Waals surface area contributed by atoms with E-state index in [1.807, 2.05) is 12.1 Å². The van der Waals surface area contributed by atoms with E-state index in [2.05, 4.69) is 0 Å². The maximum Gasteiger partial charge on any atom is 0.131 e. The molecular weight excluding hydrogens is 268 g/mol. The fraction of sp³-hybridized carbons (Fsp3) is 0.0667. The van der Waals surface area contributed by atoms with Gasteiger partial charge in [-0.05, 0) is 35.7 Å². The van der Waals surface area contributed by atoms with Crippen molar-refractivity contribution in [2.24, 2.45) is 0 Å². The Labute approximate surface area is 114 Å². The van der Waals surface area contributed by atoms with Gasteiger partial charge in [-0.3, -0.25) is 0 Å². The Kier molecular flexibility index (Phi) is 2.99. The van der Waals surface area contributed by atoms with Gasteiger partial charge in [-0.25, -0.2) is 8.78 Å². The summed E-state index contributed by atoms with van der Waals surface area (Å²) >= 11 is 5.95. The van der Waals surface area contributed by atoms with Gasteiger partial charge in [-0.2, -0.15) is 0 Å². The zero-order valence-electron chi connectivity index (χ0n) is 9.91. The van der Waals surface area contributed by atoms with Crippen LogP contribution in [0.3, 0.4) is 0 Å². The molecule has 0 radical (unpaired) electrons. The molecule has 1 aromatic heterocycles. The second-order valence-electron chi connectivity index (χ2n) is 4.35. The predicted molar refractivity (Wildman–Crippen MR) is 72.4 cm³/mol. The SMILES string of the molecule is Fc1cccc(F)c1Cn1ccc2ccc(Cl)cc21. The number of aromatic nitrogens is 1. The van der Waals surface area contributed by atoms with Gasteiger partial charge in [-0.1, -0.05) is 23.7 Å². The molecule has 0 saturated carbocycles. The van der Waals surface area contributed by atoms with Crippen LogP contribution in [-0.2, 0) is 6.54 Å². The molecule has 2 aromatic carbocycles. The molecule has 0 saturated heterocycles. The molecule has 0 aliphatic heterocycles. The van der Waals surface area contributed by atoms with Crippen LogP contribution < -0.4 is 0 Å². The normalized spacial score (nSPS) is 11.1. The van der Waals surface area contributed by atoms with E-state index in [1.54, 1.807) is 22.9 Å². The standard InChI is InChI=1S/C15H10ClF2N/c16-11-5-4-10-6-7-19(15(10)8-11)9-12-13(17)2-1-3-14(12)18/h1-8H,9H2. The fourth-order valence-electron chi connectivity index (χ4n) is 2.15. The third-order valence-electron chi connectivity index (χ3n) is 3.13. The largest absolute Gasteiger partial charge is 0.343 e. The van der Waals surface area contributed by atoms with Crippen LogP contribution >= 0.6 is 11.6 Å². The van der Waals surface area contributed by atoms with Gasteiger partial charge in [-0.15, -0.1) is 0 Å². The molecule has 3 aromatic rings. The zero-order chi connectivity index (χ0) is 13.4. The summed E-state index contributed by atoms with van der Waals surface area (Å²) in [5.74, 6) is -1.08. The average Bonchev–Trinajstić information content (AvgIpc) is 2.76. The average molecular weight is 278 g/mol. The van der Waals surface area contributed by atoms with Gasteiger partial charge in [0.25, 0.3) is 0 Å². The number of hydrogen-bond acceptors (Lipinski definition) is 0. The highest BCUT2D eigenvalue weighted by atomic mass is 35.5. The molecule has 0 amide bonds. The van der Waals surface area contributed by atoms with Crippen molar-refractivity contribution in [3.8, 4) is 0 Å². The minimum atomic E-state index is -0.538. The molecular formula is C15H10ClF2N. The zero-order valence-corrected chi connectivity index (χ0v) is 10.7. The van der Waals surface area contributed by atoms with E-state index in [1.165, 1.54) is 18.2 Å². The maximum atomic E-state index is 13.6. The maximum absolute atomic E-state index is 13.6. The highest BCUT2D eigenvalue weighted by Gasteiger charge is 2.10. The van der Waals surface area contributed by atoms with Crippen LogP contribution in [-0.4, -0.2) is 4.57 Å². The lowest BCUT2D eigenvalue weighted by Gasteiger charge is -2.08. The molecule has 19 heavy (non-hydrogen) atoms. The van der Waals surface area contributed by atoms with Crippen molar-refractivity contribution < 1.29 is 8.78 Å². The Hall–Kier alpha value is -1.87. The van der Waals surface area contributed by atoms with Crippen molar-refractivity contribution in [1.82, 2.24) is 4.57 Å². The number of halogens is 3. The van der Waals surface area contributed by atoms with E-state index in [-0.39, 0.29) is 12.1 Å². The number of fused-ring (bicyclic) bond motifs is 1. The molecule has 1 heterocycles. The quantitative estimate of drug-likeness (QED) is 0.644. The van der Waals surface area contributed by atoms with Gasteiger partial charge in [0.2, 0.25) is 0 Å². The molecule has 0 atom stereocenters. The number of rotatable bonds is 2. The van der Waals surface area contributed by atoms with Gasteiger partial charge in [0.1, 0.15) is 11.6 Å². The second-order valence-corrected chi connectivity index (χ2v) is 4.78. The molecule has 0 bridgehead atoms. The first-order valence-electron chi connectivity index (χ1n) is 5.82. The van der Waals surface area contributed by atoms with Crippen LogP contribution in [0.15, 0.2) is 48.7 Å². The van der Waals surface area contributed by atoms with E-state index < -0.39 is 11.6 Å². The minimum Gasteiger partial charge on any atom is -0.343 e. The van der Waals surface area contributed by atoms with Crippen LogP contribution in [0.4, 0.5) is 8.78 Å². The molecule has 96 valence electrons. The predicted octanol–water partition coefficient (Wildman–Crippen LogP) is 4.62. The molecule has 3 rings (SSSR count). The Bertz CT molecular complexity index is 729. The van der Waals surface area contributed by atoms with Crippen LogP contribution in [0.25, 0.3) is 10.9 Å². The highest BCUT2D eigenvalue weighted by Crippen LogP contribution is 2.22. The third-order valence-corrected chi connectivity index (χ3v) is 3.36. The fourth-order valence-corrected chi connectivity index (χ4v) is 2.32. The van der Waals surface area contributed by atoms with E-state index >= 15 is 0 Å². The first-order chi connectivity index (χ1) is 9.15. The molecule has 0 aliphatic carbocycles. The van der Waals surface area contributed by atoms with Crippen LogP contribution in [0.1, 0.15) is 5.56 Å². The summed E-state index contributed by atoms with van der Waals surface area (Å²) in [7, 11) is 0. The molecule has 4 heteroatoms. The van der Waals surface area contributed by atoms with Crippen molar-refractivity contribution in [2.75, 3.05) is 0 Å². The van der Waals surface area contributed by atoms with Crippen molar-refractivity contribution >= 4 is 22.5 Å². The second kappa shape index (κ2) is 4.67. The molecule has 0 unspecified atom stereocenters.